The van der Waals surface area contributed by atoms with Crippen molar-refractivity contribution in [2.24, 2.45) is 5.92 Å². The number of anilines is 1. The van der Waals surface area contributed by atoms with Gasteiger partial charge >= 0.3 is 0 Å². The maximum atomic E-state index is 13.4. The van der Waals surface area contributed by atoms with Gasteiger partial charge in [0.05, 0.1) is 7.11 Å². The topological polar surface area (TPSA) is 86.3 Å². The monoisotopic (exact) mass is 524 g/mol. The van der Waals surface area contributed by atoms with Gasteiger partial charge in [0.1, 0.15) is 18.1 Å². The molecule has 2 amide bonds. The van der Waals surface area contributed by atoms with Crippen LogP contribution in [0.15, 0.2) is 30.3 Å². The van der Waals surface area contributed by atoms with Crippen LogP contribution >= 0.6 is 0 Å². The van der Waals surface area contributed by atoms with Gasteiger partial charge in [-0.05, 0) is 88.3 Å². The largest absolute Gasteiger partial charge is 0.496 e. The lowest BCUT2D eigenvalue weighted by Crippen LogP contribution is -2.40. The molecule has 1 aliphatic heterocycles. The molecule has 0 saturated heterocycles. The number of hydrogen-bond acceptors (Lipinski definition) is 6. The van der Waals surface area contributed by atoms with Crippen molar-refractivity contribution in [3.8, 4) is 11.5 Å². The Bertz CT molecular complexity index is 1140. The summed E-state index contributed by atoms with van der Waals surface area (Å²) in [7, 11) is 1.63. The van der Waals surface area contributed by atoms with E-state index in [1.807, 2.05) is 62.9 Å². The molecular formula is C30H40N2O6. The van der Waals surface area contributed by atoms with E-state index in [0.717, 1.165) is 53.8 Å². The summed E-state index contributed by atoms with van der Waals surface area (Å²) in [5, 5.41) is 3.04. The van der Waals surface area contributed by atoms with Crippen molar-refractivity contribution in [1.29, 1.82) is 0 Å². The molecule has 1 aliphatic carbocycles. The Labute approximate surface area is 225 Å². The van der Waals surface area contributed by atoms with Gasteiger partial charge < -0.3 is 29.2 Å². The van der Waals surface area contributed by atoms with Crippen molar-refractivity contribution in [2.75, 3.05) is 32.2 Å². The van der Waals surface area contributed by atoms with E-state index in [1.165, 1.54) is 0 Å². The number of nitrogens with zero attached hydrogens (tertiary/aromatic N) is 1. The van der Waals surface area contributed by atoms with Gasteiger partial charge in [0.2, 0.25) is 5.91 Å². The van der Waals surface area contributed by atoms with Gasteiger partial charge in [-0.25, -0.2) is 0 Å². The fourth-order valence-corrected chi connectivity index (χ4v) is 5.43. The summed E-state index contributed by atoms with van der Waals surface area (Å²) in [6.45, 7) is 9.77. The van der Waals surface area contributed by atoms with Crippen LogP contribution < -0.4 is 14.8 Å². The molecule has 4 rings (SSSR count). The molecule has 38 heavy (non-hydrogen) atoms. The van der Waals surface area contributed by atoms with Gasteiger partial charge in [-0.15, -0.1) is 0 Å². The quantitative estimate of drug-likeness (QED) is 0.405. The van der Waals surface area contributed by atoms with Crippen LogP contribution in [-0.4, -0.2) is 56.0 Å². The highest BCUT2D eigenvalue weighted by Gasteiger charge is 2.37. The summed E-state index contributed by atoms with van der Waals surface area (Å²) < 4.78 is 22.4. The van der Waals surface area contributed by atoms with Gasteiger partial charge in [0.15, 0.2) is 6.29 Å². The minimum absolute atomic E-state index is 0.0282. The zero-order chi connectivity index (χ0) is 27.2. The summed E-state index contributed by atoms with van der Waals surface area (Å²) in [5.41, 5.74) is 4.57. The third-order valence-corrected chi connectivity index (χ3v) is 7.54. The number of amides is 2. The molecule has 2 aromatic carbocycles. The number of fused-ring (bicyclic) bond motifs is 1. The lowest BCUT2D eigenvalue weighted by atomic mass is 9.84. The summed E-state index contributed by atoms with van der Waals surface area (Å²) in [6, 6.07) is 9.64. The SMILES string of the molecule is CCOC(COc1cc(C)c2c(c1)C(=O)N(C1CCC(C(=O)Nc3ccc(C)c(OC)c3)CC1)C2)OCC. The molecule has 0 unspecified atom stereocenters. The van der Waals surface area contributed by atoms with Crippen molar-refractivity contribution in [3.05, 3.63) is 52.6 Å². The highest BCUT2D eigenvalue weighted by Crippen LogP contribution is 2.36. The summed E-state index contributed by atoms with van der Waals surface area (Å²) >= 11 is 0. The average Bonchev–Trinajstić information content (AvgIpc) is 3.25. The third-order valence-electron chi connectivity index (χ3n) is 7.54. The van der Waals surface area contributed by atoms with E-state index in [0.29, 0.717) is 31.1 Å². The van der Waals surface area contributed by atoms with E-state index in [9.17, 15) is 9.59 Å². The zero-order valence-corrected chi connectivity index (χ0v) is 23.2. The first-order chi connectivity index (χ1) is 18.3. The lowest BCUT2D eigenvalue weighted by Gasteiger charge is -2.34. The van der Waals surface area contributed by atoms with Crippen LogP contribution in [0.2, 0.25) is 0 Å². The molecule has 0 bridgehead atoms. The highest BCUT2D eigenvalue weighted by molar-refractivity contribution is 5.99. The Hall–Kier alpha value is -3.10. The molecule has 8 nitrogen and oxygen atoms in total. The van der Waals surface area contributed by atoms with Crippen LogP contribution in [0.3, 0.4) is 0 Å². The Morgan fingerprint density at radius 2 is 1.74 bits per heavy atom. The van der Waals surface area contributed by atoms with Crippen LogP contribution in [0.4, 0.5) is 5.69 Å². The van der Waals surface area contributed by atoms with Crippen molar-refractivity contribution < 1.29 is 28.5 Å². The summed E-state index contributed by atoms with van der Waals surface area (Å²) in [4.78, 5) is 28.3. The molecule has 0 atom stereocenters. The number of nitrogens with one attached hydrogen (secondary N) is 1. The minimum Gasteiger partial charge on any atom is -0.496 e. The van der Waals surface area contributed by atoms with E-state index >= 15 is 0 Å². The van der Waals surface area contributed by atoms with Gasteiger partial charge in [0, 0.05) is 49.0 Å². The van der Waals surface area contributed by atoms with E-state index < -0.39 is 6.29 Å². The fraction of sp³-hybridized carbons (Fsp3) is 0.533. The highest BCUT2D eigenvalue weighted by atomic mass is 16.7. The Morgan fingerprint density at radius 1 is 1.03 bits per heavy atom. The van der Waals surface area contributed by atoms with Crippen molar-refractivity contribution >= 4 is 17.5 Å². The molecule has 206 valence electrons. The first-order valence-electron chi connectivity index (χ1n) is 13.6. The minimum atomic E-state index is -0.439. The molecule has 1 heterocycles. The fourth-order valence-electron chi connectivity index (χ4n) is 5.43. The van der Waals surface area contributed by atoms with Crippen LogP contribution in [-0.2, 0) is 20.8 Å². The Kier molecular flexibility index (Phi) is 9.28. The van der Waals surface area contributed by atoms with Gasteiger partial charge in [0.25, 0.3) is 5.91 Å². The third kappa shape index (κ3) is 6.30. The van der Waals surface area contributed by atoms with E-state index in [2.05, 4.69) is 5.32 Å². The molecular weight excluding hydrogens is 484 g/mol. The number of rotatable bonds is 11. The number of hydrogen-bond donors (Lipinski definition) is 1. The lowest BCUT2D eigenvalue weighted by molar-refractivity contribution is -0.152. The summed E-state index contributed by atoms with van der Waals surface area (Å²) in [5.74, 6) is 1.41. The van der Waals surface area contributed by atoms with Crippen LogP contribution in [0.5, 0.6) is 11.5 Å². The number of benzene rings is 2. The van der Waals surface area contributed by atoms with Gasteiger partial charge in [-0.2, -0.15) is 0 Å². The molecule has 1 saturated carbocycles. The van der Waals surface area contributed by atoms with E-state index in [4.69, 9.17) is 18.9 Å². The number of carbonyl (C=O) groups excluding carboxylic acids is 2. The second-order valence-electron chi connectivity index (χ2n) is 10.0. The molecule has 1 fully saturated rings. The maximum Gasteiger partial charge on any atom is 0.254 e. The molecule has 2 aliphatic rings. The predicted octanol–water partition coefficient (Wildman–Crippen LogP) is 5.24. The zero-order valence-electron chi connectivity index (χ0n) is 23.2. The average molecular weight is 525 g/mol. The number of methoxy groups -OCH3 is 1. The summed E-state index contributed by atoms with van der Waals surface area (Å²) in [6.07, 6.45) is 2.68. The smallest absolute Gasteiger partial charge is 0.254 e. The van der Waals surface area contributed by atoms with Crippen LogP contribution in [0.25, 0.3) is 0 Å². The van der Waals surface area contributed by atoms with E-state index in [-0.39, 0.29) is 30.4 Å². The number of carbonyl (C=O) groups is 2. The molecule has 8 heteroatoms. The van der Waals surface area contributed by atoms with Crippen molar-refractivity contribution in [2.45, 2.75) is 72.3 Å². The number of ether oxygens (including phenoxy) is 4. The molecule has 1 N–H and O–H groups in total. The van der Waals surface area contributed by atoms with E-state index in [1.54, 1.807) is 7.11 Å². The van der Waals surface area contributed by atoms with Gasteiger partial charge in [-0.1, -0.05) is 6.07 Å². The van der Waals surface area contributed by atoms with Crippen LogP contribution in [0.1, 0.15) is 66.6 Å². The number of aryl methyl sites for hydroxylation is 2. The second kappa shape index (κ2) is 12.6. The predicted molar refractivity (Wildman–Crippen MR) is 146 cm³/mol. The Balaban J connectivity index is 1.34. The normalized spacial score (nSPS) is 19.0. The first-order valence-corrected chi connectivity index (χ1v) is 13.6. The molecule has 0 radical (unpaired) electrons. The molecule has 2 aromatic rings. The van der Waals surface area contributed by atoms with Crippen LogP contribution in [0, 0.1) is 19.8 Å². The Morgan fingerprint density at radius 3 is 2.39 bits per heavy atom. The second-order valence-corrected chi connectivity index (χ2v) is 10.0. The molecule has 0 spiro atoms. The standard InChI is InChI=1S/C30H40N2O6/c1-6-36-28(37-7-2)18-38-24-14-20(4)26-17-32(30(34)25(26)16-24)23-12-9-21(10-13-23)29(33)31-22-11-8-19(3)27(15-22)35-5/h8,11,14-16,21,23,28H,6-7,9-10,12-13,17-18H2,1-5H3,(H,31,33). The molecule has 0 aromatic heterocycles. The maximum absolute atomic E-state index is 13.4. The van der Waals surface area contributed by atoms with Crippen molar-refractivity contribution in [1.82, 2.24) is 4.90 Å². The van der Waals surface area contributed by atoms with Gasteiger partial charge in [-0.3, -0.25) is 9.59 Å². The first kappa shape index (κ1) is 27.9. The van der Waals surface area contributed by atoms with Crippen molar-refractivity contribution in [3.63, 3.8) is 0 Å².